The standard InChI is InChI=1S/C26H26N4O3S/c1-3-33-25(32)24-19(2)28-26(34-24)29(17-20-10-6-4-7-11-20)23(31)15-14-21-16-27-30(18-21)22-12-8-5-9-13-22/h4-13,16,18H,3,14-15,17H2,1-2H3. The second-order valence-corrected chi connectivity index (χ2v) is 8.70. The van der Waals surface area contributed by atoms with Crippen LogP contribution in [0.1, 0.15) is 39.8 Å². The number of ether oxygens (including phenoxy) is 1. The summed E-state index contributed by atoms with van der Waals surface area (Å²) < 4.78 is 6.95. The lowest BCUT2D eigenvalue weighted by molar-refractivity contribution is -0.118. The van der Waals surface area contributed by atoms with E-state index in [4.69, 9.17) is 4.74 Å². The zero-order chi connectivity index (χ0) is 23.9. The Morgan fingerprint density at radius 2 is 1.74 bits per heavy atom. The Balaban J connectivity index is 1.52. The summed E-state index contributed by atoms with van der Waals surface area (Å²) in [7, 11) is 0. The molecule has 0 aliphatic rings. The van der Waals surface area contributed by atoms with Crippen molar-refractivity contribution in [3.63, 3.8) is 0 Å². The lowest BCUT2D eigenvalue weighted by atomic mass is 10.1. The van der Waals surface area contributed by atoms with Crippen molar-refractivity contribution in [2.24, 2.45) is 0 Å². The molecule has 0 saturated heterocycles. The van der Waals surface area contributed by atoms with E-state index >= 15 is 0 Å². The molecule has 4 aromatic rings. The Morgan fingerprint density at radius 3 is 2.44 bits per heavy atom. The number of thiazole rings is 1. The van der Waals surface area contributed by atoms with Gasteiger partial charge in [0.05, 0.1) is 30.7 Å². The van der Waals surface area contributed by atoms with E-state index in [1.54, 1.807) is 29.6 Å². The number of benzene rings is 2. The maximum absolute atomic E-state index is 13.4. The SMILES string of the molecule is CCOC(=O)c1sc(N(Cc2ccccc2)C(=O)CCc2cnn(-c3ccccc3)c2)nc1C. The maximum atomic E-state index is 13.4. The highest BCUT2D eigenvalue weighted by atomic mass is 32.1. The fraction of sp³-hybridized carbons (Fsp3) is 0.231. The van der Waals surface area contributed by atoms with Gasteiger partial charge < -0.3 is 4.74 Å². The second-order valence-electron chi connectivity index (χ2n) is 7.73. The fourth-order valence-corrected chi connectivity index (χ4v) is 4.49. The highest BCUT2D eigenvalue weighted by Gasteiger charge is 2.24. The number of amides is 1. The van der Waals surface area contributed by atoms with Crippen LogP contribution in [0.4, 0.5) is 5.13 Å². The Labute approximate surface area is 202 Å². The van der Waals surface area contributed by atoms with E-state index in [2.05, 4.69) is 10.1 Å². The molecule has 0 radical (unpaired) electrons. The van der Waals surface area contributed by atoms with Gasteiger partial charge >= 0.3 is 5.97 Å². The number of esters is 1. The molecule has 0 aliphatic heterocycles. The summed E-state index contributed by atoms with van der Waals surface area (Å²) >= 11 is 1.19. The van der Waals surface area contributed by atoms with Crippen LogP contribution in [0.15, 0.2) is 73.1 Å². The molecule has 2 aromatic heterocycles. The average Bonchev–Trinajstić information content (AvgIpc) is 3.49. The van der Waals surface area contributed by atoms with E-state index < -0.39 is 5.97 Å². The van der Waals surface area contributed by atoms with Gasteiger partial charge in [-0.1, -0.05) is 59.9 Å². The number of hydrogen-bond donors (Lipinski definition) is 0. The molecule has 0 atom stereocenters. The van der Waals surface area contributed by atoms with Crippen molar-refractivity contribution in [1.29, 1.82) is 0 Å². The number of aromatic nitrogens is 3. The monoisotopic (exact) mass is 474 g/mol. The lowest BCUT2D eigenvalue weighted by Crippen LogP contribution is -2.30. The third-order valence-corrected chi connectivity index (χ3v) is 6.41. The zero-order valence-corrected chi connectivity index (χ0v) is 20.0. The molecule has 2 heterocycles. The van der Waals surface area contributed by atoms with Crippen LogP contribution >= 0.6 is 11.3 Å². The predicted molar refractivity (Wildman–Crippen MR) is 132 cm³/mol. The van der Waals surface area contributed by atoms with Crippen LogP contribution in [-0.4, -0.2) is 33.2 Å². The number of carbonyl (C=O) groups excluding carboxylic acids is 2. The van der Waals surface area contributed by atoms with Crippen molar-refractivity contribution in [3.8, 4) is 5.69 Å². The van der Waals surface area contributed by atoms with Gasteiger partial charge in [-0.2, -0.15) is 5.10 Å². The molecule has 1 amide bonds. The summed E-state index contributed by atoms with van der Waals surface area (Å²) in [5.41, 5.74) is 3.49. The smallest absolute Gasteiger partial charge is 0.350 e. The zero-order valence-electron chi connectivity index (χ0n) is 19.2. The number of rotatable bonds is 9. The molecule has 8 heteroatoms. The third-order valence-electron chi connectivity index (χ3n) is 5.25. The molecule has 0 saturated carbocycles. The van der Waals surface area contributed by atoms with Crippen molar-refractivity contribution < 1.29 is 14.3 Å². The van der Waals surface area contributed by atoms with E-state index in [-0.39, 0.29) is 12.5 Å². The van der Waals surface area contributed by atoms with Crippen LogP contribution in [0.25, 0.3) is 5.69 Å². The lowest BCUT2D eigenvalue weighted by Gasteiger charge is -2.20. The number of hydrogen-bond acceptors (Lipinski definition) is 6. The molecule has 7 nitrogen and oxygen atoms in total. The molecule has 174 valence electrons. The van der Waals surface area contributed by atoms with Gasteiger partial charge in [-0.3, -0.25) is 9.69 Å². The predicted octanol–water partition coefficient (Wildman–Crippen LogP) is 4.98. The topological polar surface area (TPSA) is 77.3 Å². The number of nitrogens with zero attached hydrogens (tertiary/aromatic N) is 4. The van der Waals surface area contributed by atoms with E-state index in [1.807, 2.05) is 66.9 Å². The molecule has 0 spiro atoms. The van der Waals surface area contributed by atoms with Crippen LogP contribution in [-0.2, 0) is 22.5 Å². The average molecular weight is 475 g/mol. The molecule has 0 bridgehead atoms. The molecular weight excluding hydrogens is 448 g/mol. The van der Waals surface area contributed by atoms with E-state index in [0.29, 0.717) is 35.1 Å². The molecule has 2 aromatic carbocycles. The van der Waals surface area contributed by atoms with E-state index in [0.717, 1.165) is 16.8 Å². The van der Waals surface area contributed by atoms with Gasteiger partial charge in [0.2, 0.25) is 5.91 Å². The largest absolute Gasteiger partial charge is 0.462 e. The molecule has 0 fully saturated rings. The van der Waals surface area contributed by atoms with Crippen molar-refractivity contribution in [2.45, 2.75) is 33.2 Å². The Bertz CT molecular complexity index is 1250. The number of carbonyl (C=O) groups is 2. The first kappa shape index (κ1) is 23.4. The first-order valence-electron chi connectivity index (χ1n) is 11.1. The third kappa shape index (κ3) is 5.58. The van der Waals surface area contributed by atoms with Gasteiger partial charge in [-0.15, -0.1) is 0 Å². The summed E-state index contributed by atoms with van der Waals surface area (Å²) in [5.74, 6) is -0.482. The number of anilines is 1. The summed E-state index contributed by atoms with van der Waals surface area (Å²) in [6.07, 6.45) is 4.57. The van der Waals surface area contributed by atoms with Gasteiger partial charge in [0, 0.05) is 12.6 Å². The minimum absolute atomic E-state index is 0.0690. The molecule has 0 N–H and O–H groups in total. The minimum Gasteiger partial charge on any atom is -0.462 e. The highest BCUT2D eigenvalue weighted by molar-refractivity contribution is 7.17. The summed E-state index contributed by atoms with van der Waals surface area (Å²) in [4.78, 5) is 32.3. The van der Waals surface area contributed by atoms with Crippen molar-refractivity contribution >= 4 is 28.3 Å². The van der Waals surface area contributed by atoms with Crippen molar-refractivity contribution in [3.05, 3.63) is 94.8 Å². The molecule has 0 unspecified atom stereocenters. The molecule has 4 rings (SSSR count). The molecular formula is C26H26N4O3S. The van der Waals surface area contributed by atoms with Crippen LogP contribution in [0, 0.1) is 6.92 Å². The summed E-state index contributed by atoms with van der Waals surface area (Å²) in [5, 5.41) is 4.91. The molecule has 0 aliphatic carbocycles. The van der Waals surface area contributed by atoms with Crippen molar-refractivity contribution in [1.82, 2.24) is 14.8 Å². The van der Waals surface area contributed by atoms with Crippen LogP contribution in [0.5, 0.6) is 0 Å². The fourth-order valence-electron chi connectivity index (χ4n) is 3.51. The van der Waals surface area contributed by atoms with Gasteiger partial charge in [0.1, 0.15) is 4.88 Å². The number of aryl methyl sites for hydroxylation is 2. The van der Waals surface area contributed by atoms with Gasteiger partial charge in [-0.05, 0) is 43.5 Å². The van der Waals surface area contributed by atoms with E-state index in [1.165, 1.54) is 11.3 Å². The van der Waals surface area contributed by atoms with Crippen molar-refractivity contribution in [2.75, 3.05) is 11.5 Å². The maximum Gasteiger partial charge on any atom is 0.350 e. The first-order chi connectivity index (χ1) is 16.5. The van der Waals surface area contributed by atoms with Gasteiger partial charge in [-0.25, -0.2) is 14.5 Å². The normalized spacial score (nSPS) is 10.8. The minimum atomic E-state index is -0.413. The van der Waals surface area contributed by atoms with Crippen LogP contribution in [0.3, 0.4) is 0 Å². The Hall–Kier alpha value is -3.78. The summed E-state index contributed by atoms with van der Waals surface area (Å²) in [6.45, 7) is 4.18. The quantitative estimate of drug-likeness (QED) is 0.320. The highest BCUT2D eigenvalue weighted by Crippen LogP contribution is 2.29. The van der Waals surface area contributed by atoms with Gasteiger partial charge in [0.15, 0.2) is 5.13 Å². The Morgan fingerprint density at radius 1 is 1.03 bits per heavy atom. The second kappa shape index (κ2) is 10.9. The summed E-state index contributed by atoms with van der Waals surface area (Å²) in [6, 6.07) is 19.6. The van der Waals surface area contributed by atoms with Crippen LogP contribution < -0.4 is 4.90 Å². The molecule has 34 heavy (non-hydrogen) atoms. The van der Waals surface area contributed by atoms with Crippen LogP contribution in [0.2, 0.25) is 0 Å². The first-order valence-corrected chi connectivity index (χ1v) is 11.9. The number of para-hydroxylation sites is 1. The van der Waals surface area contributed by atoms with Gasteiger partial charge in [0.25, 0.3) is 0 Å². The van der Waals surface area contributed by atoms with E-state index in [9.17, 15) is 9.59 Å². The Kier molecular flexibility index (Phi) is 7.49.